The molecule has 1 amide bonds. The van der Waals surface area contributed by atoms with Crippen LogP contribution in [0.15, 0.2) is 18.2 Å². The molecule has 4 nitrogen and oxygen atoms in total. The van der Waals surface area contributed by atoms with E-state index in [1.807, 2.05) is 0 Å². The van der Waals surface area contributed by atoms with Crippen molar-refractivity contribution in [2.75, 3.05) is 26.2 Å². The van der Waals surface area contributed by atoms with Crippen LogP contribution in [0.3, 0.4) is 0 Å². The highest BCUT2D eigenvalue weighted by Crippen LogP contribution is 2.21. The van der Waals surface area contributed by atoms with Crippen molar-refractivity contribution in [2.24, 2.45) is 0 Å². The minimum Gasteiger partial charge on any atom is -0.478 e. The Morgan fingerprint density at radius 3 is 2.50 bits per heavy atom. The molecule has 1 saturated heterocycles. The Morgan fingerprint density at radius 2 is 1.95 bits per heavy atom. The van der Waals surface area contributed by atoms with Crippen molar-refractivity contribution in [1.29, 1.82) is 0 Å². The summed E-state index contributed by atoms with van der Waals surface area (Å²) in [5.41, 5.74) is 0. The number of piperazine rings is 1. The number of hydrogen-bond donors (Lipinski definition) is 0. The number of halogens is 2. The molecule has 1 heterocycles. The monoisotopic (exact) mass is 312 g/mol. The maximum absolute atomic E-state index is 13.4. The van der Waals surface area contributed by atoms with Crippen LogP contribution in [0.2, 0.25) is 0 Å². The number of nitrogens with zero attached hydrogens (tertiary/aromatic N) is 2. The van der Waals surface area contributed by atoms with E-state index in [4.69, 9.17) is 4.74 Å². The second kappa shape index (κ2) is 7.05. The molecule has 6 heteroatoms. The number of rotatable bonds is 4. The minimum atomic E-state index is -0.800. The summed E-state index contributed by atoms with van der Waals surface area (Å²) >= 11 is 0. The first-order valence-electron chi connectivity index (χ1n) is 7.50. The molecular weight excluding hydrogens is 290 g/mol. The molecule has 1 atom stereocenters. The van der Waals surface area contributed by atoms with Crippen LogP contribution in [0, 0.1) is 11.6 Å². The lowest BCUT2D eigenvalue weighted by Gasteiger charge is -2.42. The van der Waals surface area contributed by atoms with E-state index in [0.717, 1.165) is 18.7 Å². The van der Waals surface area contributed by atoms with Gasteiger partial charge in [-0.15, -0.1) is 0 Å². The first-order chi connectivity index (χ1) is 10.4. The Balaban J connectivity index is 1.91. The van der Waals surface area contributed by atoms with Gasteiger partial charge >= 0.3 is 0 Å². The third kappa shape index (κ3) is 3.74. The maximum atomic E-state index is 13.4. The molecule has 0 radical (unpaired) electrons. The van der Waals surface area contributed by atoms with E-state index in [0.29, 0.717) is 19.1 Å². The molecule has 2 rings (SSSR count). The zero-order valence-electron chi connectivity index (χ0n) is 13.2. The smallest absolute Gasteiger partial charge is 0.260 e. The van der Waals surface area contributed by atoms with Crippen LogP contribution in [-0.2, 0) is 4.79 Å². The van der Waals surface area contributed by atoms with E-state index < -0.39 is 17.4 Å². The molecular formula is C16H22F2N2O2. The van der Waals surface area contributed by atoms with Crippen molar-refractivity contribution in [3.63, 3.8) is 0 Å². The van der Waals surface area contributed by atoms with Crippen LogP contribution < -0.4 is 4.74 Å². The van der Waals surface area contributed by atoms with Gasteiger partial charge in [0.25, 0.3) is 5.91 Å². The van der Waals surface area contributed by atoms with Crippen LogP contribution in [0.4, 0.5) is 8.78 Å². The van der Waals surface area contributed by atoms with Gasteiger partial charge in [0, 0.05) is 31.7 Å². The summed E-state index contributed by atoms with van der Waals surface area (Å²) in [5.74, 6) is -2.35. The quantitative estimate of drug-likeness (QED) is 0.855. The number of para-hydroxylation sites is 1. The van der Waals surface area contributed by atoms with Crippen molar-refractivity contribution in [2.45, 2.75) is 32.9 Å². The lowest BCUT2D eigenvalue weighted by Crippen LogP contribution is -2.56. The van der Waals surface area contributed by atoms with Gasteiger partial charge in [-0.05, 0) is 32.9 Å². The fraction of sp³-hybridized carbons (Fsp3) is 0.562. The molecule has 22 heavy (non-hydrogen) atoms. The Bertz CT molecular complexity index is 517. The van der Waals surface area contributed by atoms with Crippen molar-refractivity contribution in [1.82, 2.24) is 9.80 Å². The fourth-order valence-electron chi connectivity index (χ4n) is 2.81. The predicted molar refractivity (Wildman–Crippen MR) is 79.7 cm³/mol. The lowest BCUT2D eigenvalue weighted by molar-refractivity contribution is -0.136. The summed E-state index contributed by atoms with van der Waals surface area (Å²) in [7, 11) is 0. The zero-order valence-corrected chi connectivity index (χ0v) is 13.2. The molecule has 1 aromatic rings. The van der Waals surface area contributed by atoms with E-state index in [2.05, 4.69) is 25.7 Å². The molecule has 1 aliphatic heterocycles. The number of ether oxygens (including phenoxy) is 1. The summed E-state index contributed by atoms with van der Waals surface area (Å²) in [6.45, 7) is 7.95. The van der Waals surface area contributed by atoms with E-state index in [1.165, 1.54) is 6.07 Å². The molecule has 0 aromatic heterocycles. The Kier molecular flexibility index (Phi) is 5.34. The van der Waals surface area contributed by atoms with E-state index in [-0.39, 0.29) is 18.6 Å². The van der Waals surface area contributed by atoms with Gasteiger partial charge < -0.3 is 9.64 Å². The summed E-state index contributed by atoms with van der Waals surface area (Å²) in [6, 6.07) is 4.14. The van der Waals surface area contributed by atoms with Gasteiger partial charge in [-0.3, -0.25) is 9.69 Å². The van der Waals surface area contributed by atoms with Crippen LogP contribution in [0.25, 0.3) is 0 Å². The third-order valence-corrected chi connectivity index (χ3v) is 3.95. The summed E-state index contributed by atoms with van der Waals surface area (Å²) < 4.78 is 31.9. The zero-order chi connectivity index (χ0) is 16.3. The second-order valence-corrected chi connectivity index (χ2v) is 5.86. The molecule has 1 fully saturated rings. The topological polar surface area (TPSA) is 32.8 Å². The standard InChI is InChI=1S/C16H22F2N2O2/c1-11(2)20-8-7-19(9-12(20)3)15(21)10-22-16-13(17)5-4-6-14(16)18/h4-6,11-12H,7-10H2,1-3H3. The average Bonchev–Trinajstić information content (AvgIpc) is 2.46. The highest BCUT2D eigenvalue weighted by Gasteiger charge is 2.28. The molecule has 0 spiro atoms. The van der Waals surface area contributed by atoms with Crippen LogP contribution in [0.5, 0.6) is 5.75 Å². The molecule has 0 N–H and O–H groups in total. The largest absolute Gasteiger partial charge is 0.478 e. The maximum Gasteiger partial charge on any atom is 0.260 e. The van der Waals surface area contributed by atoms with Crippen molar-refractivity contribution in [3.05, 3.63) is 29.8 Å². The van der Waals surface area contributed by atoms with E-state index >= 15 is 0 Å². The van der Waals surface area contributed by atoms with E-state index in [9.17, 15) is 13.6 Å². The van der Waals surface area contributed by atoms with Crippen molar-refractivity contribution < 1.29 is 18.3 Å². The summed E-state index contributed by atoms with van der Waals surface area (Å²) in [6.07, 6.45) is 0. The Labute approximate surface area is 129 Å². The highest BCUT2D eigenvalue weighted by atomic mass is 19.1. The van der Waals surface area contributed by atoms with Gasteiger partial charge in [-0.25, -0.2) is 8.78 Å². The van der Waals surface area contributed by atoms with Crippen LogP contribution >= 0.6 is 0 Å². The SMILES string of the molecule is CC(C)N1CCN(C(=O)COc2c(F)cccc2F)CC1C. The van der Waals surface area contributed by atoms with Gasteiger partial charge in [-0.1, -0.05) is 6.07 Å². The van der Waals surface area contributed by atoms with Gasteiger partial charge in [0.1, 0.15) is 0 Å². The first kappa shape index (κ1) is 16.7. The number of benzene rings is 1. The fourth-order valence-corrected chi connectivity index (χ4v) is 2.81. The average molecular weight is 312 g/mol. The van der Waals surface area contributed by atoms with E-state index in [1.54, 1.807) is 4.90 Å². The third-order valence-electron chi connectivity index (χ3n) is 3.95. The molecule has 1 aromatic carbocycles. The van der Waals surface area contributed by atoms with Gasteiger partial charge in [-0.2, -0.15) is 0 Å². The van der Waals surface area contributed by atoms with Crippen LogP contribution in [0.1, 0.15) is 20.8 Å². The Morgan fingerprint density at radius 1 is 1.32 bits per heavy atom. The molecule has 0 aliphatic carbocycles. The predicted octanol–water partition coefficient (Wildman–Crippen LogP) is 2.28. The highest BCUT2D eigenvalue weighted by molar-refractivity contribution is 5.78. The molecule has 1 unspecified atom stereocenters. The lowest BCUT2D eigenvalue weighted by atomic mass is 10.1. The molecule has 0 saturated carbocycles. The summed E-state index contributed by atoms with van der Waals surface area (Å²) in [5, 5.41) is 0. The number of hydrogen-bond acceptors (Lipinski definition) is 3. The number of amides is 1. The Hall–Kier alpha value is -1.69. The van der Waals surface area contributed by atoms with Crippen LogP contribution in [-0.4, -0.2) is 54.0 Å². The van der Waals surface area contributed by atoms with Gasteiger partial charge in [0.05, 0.1) is 0 Å². The van der Waals surface area contributed by atoms with Crippen molar-refractivity contribution in [3.8, 4) is 5.75 Å². The second-order valence-electron chi connectivity index (χ2n) is 5.86. The molecule has 122 valence electrons. The molecule has 1 aliphatic rings. The van der Waals surface area contributed by atoms with Gasteiger partial charge in [0.2, 0.25) is 0 Å². The van der Waals surface area contributed by atoms with Crippen molar-refractivity contribution >= 4 is 5.91 Å². The van der Waals surface area contributed by atoms with Gasteiger partial charge in [0.15, 0.2) is 24.0 Å². The number of carbonyl (C=O) groups is 1. The summed E-state index contributed by atoms with van der Waals surface area (Å²) in [4.78, 5) is 16.2. The number of carbonyl (C=O) groups excluding carboxylic acids is 1. The molecule has 0 bridgehead atoms. The first-order valence-corrected chi connectivity index (χ1v) is 7.50. The minimum absolute atomic E-state index is 0.252. The normalized spacial score (nSPS) is 19.5.